The summed E-state index contributed by atoms with van der Waals surface area (Å²) in [5.74, 6) is 0.716. The minimum Gasteiger partial charge on any atom is -0.475 e. The summed E-state index contributed by atoms with van der Waals surface area (Å²) < 4.78 is 5.57. The predicted molar refractivity (Wildman–Crippen MR) is 65.4 cm³/mol. The first-order valence-electron chi connectivity index (χ1n) is 5.37. The van der Waals surface area contributed by atoms with Crippen LogP contribution in [-0.2, 0) is 0 Å². The Morgan fingerprint density at radius 2 is 1.88 bits per heavy atom. The van der Waals surface area contributed by atoms with Crippen LogP contribution in [0.1, 0.15) is 6.92 Å². The van der Waals surface area contributed by atoms with Gasteiger partial charge in [0.25, 0.3) is 0 Å². The summed E-state index contributed by atoms with van der Waals surface area (Å²) in [5.41, 5.74) is 2.00. The third-order valence-corrected chi connectivity index (χ3v) is 2.36. The Morgan fingerprint density at radius 1 is 1.18 bits per heavy atom. The van der Waals surface area contributed by atoms with Gasteiger partial charge >= 0.3 is 0 Å². The van der Waals surface area contributed by atoms with Crippen LogP contribution in [0, 0.1) is 11.3 Å². The van der Waals surface area contributed by atoms with Gasteiger partial charge in [-0.05, 0) is 30.7 Å². The fraction of sp³-hybridized carbons (Fsp3) is 0.143. The number of hydrogen-bond acceptors (Lipinski definition) is 3. The van der Waals surface area contributed by atoms with Gasteiger partial charge in [0.05, 0.1) is 0 Å². The summed E-state index contributed by atoms with van der Waals surface area (Å²) >= 11 is 0. The number of ether oxygens (including phenoxy) is 1. The van der Waals surface area contributed by atoms with Gasteiger partial charge in [0.15, 0.2) is 6.10 Å². The molecule has 2 aromatic rings. The zero-order chi connectivity index (χ0) is 12.1. The lowest BCUT2D eigenvalue weighted by Gasteiger charge is -2.12. The third-order valence-electron chi connectivity index (χ3n) is 2.36. The molecule has 1 atom stereocenters. The summed E-state index contributed by atoms with van der Waals surface area (Å²) in [5, 5.41) is 8.77. The normalized spacial score (nSPS) is 11.5. The van der Waals surface area contributed by atoms with Gasteiger partial charge < -0.3 is 4.74 Å². The van der Waals surface area contributed by atoms with Crippen LogP contribution in [0.5, 0.6) is 5.75 Å². The van der Waals surface area contributed by atoms with Crippen LogP contribution >= 0.6 is 0 Å². The molecule has 3 nitrogen and oxygen atoms in total. The number of benzene rings is 1. The van der Waals surface area contributed by atoms with E-state index in [2.05, 4.69) is 11.1 Å². The molecule has 3 heteroatoms. The number of pyridine rings is 1. The molecule has 2 rings (SSSR count). The van der Waals surface area contributed by atoms with Crippen LogP contribution in [0.2, 0.25) is 0 Å². The highest BCUT2D eigenvalue weighted by atomic mass is 16.5. The Bertz CT molecular complexity index is 531. The molecule has 0 saturated carbocycles. The molecule has 0 aliphatic carbocycles. The Labute approximate surface area is 100 Å². The SMILES string of the molecule is C[C@@H](C#N)Oc1ccccc1-c1ccncc1. The first kappa shape index (κ1) is 11.2. The van der Waals surface area contributed by atoms with Crippen LogP contribution in [0.4, 0.5) is 0 Å². The molecule has 1 aromatic carbocycles. The molecule has 0 saturated heterocycles. The predicted octanol–water partition coefficient (Wildman–Crippen LogP) is 3.04. The van der Waals surface area contributed by atoms with E-state index < -0.39 is 6.10 Å². The van der Waals surface area contributed by atoms with Crippen molar-refractivity contribution in [3.63, 3.8) is 0 Å². The highest BCUT2D eigenvalue weighted by Crippen LogP contribution is 2.29. The lowest BCUT2D eigenvalue weighted by Crippen LogP contribution is -2.08. The second-order valence-electron chi connectivity index (χ2n) is 3.62. The van der Waals surface area contributed by atoms with Crippen molar-refractivity contribution in [2.45, 2.75) is 13.0 Å². The molecule has 0 aliphatic heterocycles. The molecule has 0 N–H and O–H groups in total. The van der Waals surface area contributed by atoms with Gasteiger partial charge in [0.2, 0.25) is 0 Å². The second-order valence-corrected chi connectivity index (χ2v) is 3.62. The minimum absolute atomic E-state index is 0.460. The van der Waals surface area contributed by atoms with Crippen molar-refractivity contribution in [1.29, 1.82) is 5.26 Å². The maximum atomic E-state index is 8.77. The topological polar surface area (TPSA) is 45.9 Å². The Morgan fingerprint density at radius 3 is 2.59 bits per heavy atom. The first-order chi connectivity index (χ1) is 8.31. The maximum Gasteiger partial charge on any atom is 0.181 e. The average molecular weight is 224 g/mol. The molecule has 17 heavy (non-hydrogen) atoms. The Balaban J connectivity index is 2.38. The molecular weight excluding hydrogens is 212 g/mol. The molecular formula is C14H12N2O. The maximum absolute atomic E-state index is 8.77. The van der Waals surface area contributed by atoms with E-state index in [4.69, 9.17) is 10.00 Å². The molecule has 0 radical (unpaired) electrons. The summed E-state index contributed by atoms with van der Waals surface area (Å²) in [6, 6.07) is 13.6. The zero-order valence-electron chi connectivity index (χ0n) is 9.50. The van der Waals surface area contributed by atoms with Gasteiger partial charge in [-0.2, -0.15) is 5.26 Å². The largest absolute Gasteiger partial charge is 0.475 e. The summed E-state index contributed by atoms with van der Waals surface area (Å²) in [4.78, 5) is 3.98. The van der Waals surface area contributed by atoms with E-state index in [1.165, 1.54) is 0 Å². The second kappa shape index (κ2) is 5.13. The molecule has 84 valence electrons. The summed E-state index contributed by atoms with van der Waals surface area (Å²) in [6.45, 7) is 1.73. The monoisotopic (exact) mass is 224 g/mol. The van der Waals surface area contributed by atoms with E-state index in [1.54, 1.807) is 19.3 Å². The van der Waals surface area contributed by atoms with Crippen molar-refractivity contribution in [2.24, 2.45) is 0 Å². The Kier molecular flexibility index (Phi) is 3.37. The third kappa shape index (κ3) is 2.61. The van der Waals surface area contributed by atoms with Crippen molar-refractivity contribution >= 4 is 0 Å². The van der Waals surface area contributed by atoms with Gasteiger partial charge in [0.1, 0.15) is 11.8 Å². The highest BCUT2D eigenvalue weighted by molar-refractivity contribution is 5.69. The van der Waals surface area contributed by atoms with Crippen LogP contribution in [0.3, 0.4) is 0 Å². The molecule has 0 aliphatic rings. The van der Waals surface area contributed by atoms with Crippen molar-refractivity contribution in [3.05, 3.63) is 48.8 Å². The van der Waals surface area contributed by atoms with E-state index >= 15 is 0 Å². The summed E-state index contributed by atoms with van der Waals surface area (Å²) in [7, 11) is 0. The van der Waals surface area contributed by atoms with Gasteiger partial charge in [0, 0.05) is 18.0 Å². The molecule has 0 unspecified atom stereocenters. The lowest BCUT2D eigenvalue weighted by atomic mass is 10.1. The van der Waals surface area contributed by atoms with Gasteiger partial charge in [-0.3, -0.25) is 4.98 Å². The fourth-order valence-corrected chi connectivity index (χ4v) is 1.56. The molecule has 1 aromatic heterocycles. The number of rotatable bonds is 3. The van der Waals surface area contributed by atoms with Crippen LogP contribution in [0.15, 0.2) is 48.8 Å². The number of para-hydroxylation sites is 1. The quantitative estimate of drug-likeness (QED) is 0.805. The van der Waals surface area contributed by atoms with E-state index in [0.29, 0.717) is 5.75 Å². The van der Waals surface area contributed by atoms with E-state index in [1.807, 2.05) is 36.4 Å². The fourth-order valence-electron chi connectivity index (χ4n) is 1.56. The standard InChI is InChI=1S/C14H12N2O/c1-11(10-15)17-14-5-3-2-4-13(14)12-6-8-16-9-7-12/h2-9,11H,1H3/t11-/m0/s1. The lowest BCUT2D eigenvalue weighted by molar-refractivity contribution is 0.277. The number of nitriles is 1. The van der Waals surface area contributed by atoms with Crippen molar-refractivity contribution in [2.75, 3.05) is 0 Å². The summed E-state index contributed by atoms with van der Waals surface area (Å²) in [6.07, 6.45) is 3.01. The van der Waals surface area contributed by atoms with E-state index in [-0.39, 0.29) is 0 Å². The molecule has 0 spiro atoms. The van der Waals surface area contributed by atoms with Crippen LogP contribution < -0.4 is 4.74 Å². The molecule has 0 fully saturated rings. The van der Waals surface area contributed by atoms with Crippen LogP contribution in [-0.4, -0.2) is 11.1 Å². The van der Waals surface area contributed by atoms with Crippen LogP contribution in [0.25, 0.3) is 11.1 Å². The van der Waals surface area contributed by atoms with Gasteiger partial charge in [-0.15, -0.1) is 0 Å². The zero-order valence-corrected chi connectivity index (χ0v) is 9.50. The van der Waals surface area contributed by atoms with E-state index in [9.17, 15) is 0 Å². The van der Waals surface area contributed by atoms with E-state index in [0.717, 1.165) is 11.1 Å². The molecule has 0 bridgehead atoms. The number of aromatic nitrogens is 1. The number of hydrogen-bond donors (Lipinski definition) is 0. The highest BCUT2D eigenvalue weighted by Gasteiger charge is 2.08. The number of nitrogens with zero attached hydrogens (tertiary/aromatic N) is 2. The smallest absolute Gasteiger partial charge is 0.181 e. The Hall–Kier alpha value is -2.34. The molecule has 0 amide bonds. The average Bonchev–Trinajstić information content (AvgIpc) is 2.40. The first-order valence-corrected chi connectivity index (χ1v) is 5.37. The minimum atomic E-state index is -0.460. The van der Waals surface area contributed by atoms with Gasteiger partial charge in [-0.25, -0.2) is 0 Å². The molecule has 1 heterocycles. The van der Waals surface area contributed by atoms with Crippen molar-refractivity contribution in [3.8, 4) is 22.9 Å². The van der Waals surface area contributed by atoms with Crippen molar-refractivity contribution in [1.82, 2.24) is 4.98 Å². The van der Waals surface area contributed by atoms with Crippen molar-refractivity contribution < 1.29 is 4.74 Å². The van der Waals surface area contributed by atoms with Gasteiger partial charge in [-0.1, -0.05) is 18.2 Å².